The molecule has 0 aromatic rings. The van der Waals surface area contributed by atoms with Crippen molar-refractivity contribution in [3.8, 4) is 0 Å². The van der Waals surface area contributed by atoms with Crippen LogP contribution in [-0.2, 0) is 9.59 Å². The van der Waals surface area contributed by atoms with Gasteiger partial charge < -0.3 is 15.3 Å². The van der Waals surface area contributed by atoms with Gasteiger partial charge in [-0.25, -0.2) is 0 Å². The first-order chi connectivity index (χ1) is 10.1. The minimum absolute atomic E-state index is 0.124. The zero-order chi connectivity index (χ0) is 15.2. The molecular weight excluding hydrogens is 270 g/mol. The summed E-state index contributed by atoms with van der Waals surface area (Å²) < 4.78 is 0. The topological polar surface area (TPSA) is 72.9 Å². The molecule has 2 unspecified atom stereocenters. The zero-order valence-electron chi connectivity index (χ0n) is 12.6. The van der Waals surface area contributed by atoms with Gasteiger partial charge in [-0.2, -0.15) is 0 Å². The molecule has 0 saturated carbocycles. The molecule has 6 heteroatoms. The number of hydrogen-bond donors (Lipinski definition) is 2. The zero-order valence-corrected chi connectivity index (χ0v) is 12.6. The van der Waals surface area contributed by atoms with E-state index < -0.39 is 17.8 Å². The predicted molar refractivity (Wildman–Crippen MR) is 79.9 cm³/mol. The third-order valence-electron chi connectivity index (χ3n) is 4.41. The fourth-order valence-electron chi connectivity index (χ4n) is 2.92. The van der Waals surface area contributed by atoms with E-state index in [0.29, 0.717) is 19.4 Å². The van der Waals surface area contributed by atoms with E-state index in [1.54, 1.807) is 0 Å². The molecule has 1 aliphatic heterocycles. The van der Waals surface area contributed by atoms with Crippen LogP contribution in [0.3, 0.4) is 0 Å². The Morgan fingerprint density at radius 3 is 2.38 bits per heavy atom. The van der Waals surface area contributed by atoms with Crippen LogP contribution in [0, 0.1) is 11.8 Å². The van der Waals surface area contributed by atoms with Crippen LogP contribution in [0.25, 0.3) is 0 Å². The van der Waals surface area contributed by atoms with Gasteiger partial charge in [-0.1, -0.05) is 12.2 Å². The van der Waals surface area contributed by atoms with Crippen LogP contribution in [0.15, 0.2) is 12.2 Å². The number of rotatable bonds is 5. The minimum Gasteiger partial charge on any atom is -0.481 e. The summed E-state index contributed by atoms with van der Waals surface area (Å²) in [7, 11) is 2.11. The normalized spacial score (nSPS) is 27.5. The van der Waals surface area contributed by atoms with E-state index in [-0.39, 0.29) is 5.91 Å². The second-order valence-corrected chi connectivity index (χ2v) is 5.93. The van der Waals surface area contributed by atoms with Crippen LogP contribution >= 0.6 is 0 Å². The number of carbonyl (C=O) groups excluding carboxylic acids is 1. The van der Waals surface area contributed by atoms with Crippen molar-refractivity contribution in [3.05, 3.63) is 12.2 Å². The van der Waals surface area contributed by atoms with E-state index >= 15 is 0 Å². The summed E-state index contributed by atoms with van der Waals surface area (Å²) in [6, 6.07) is 0. The van der Waals surface area contributed by atoms with Gasteiger partial charge in [0.05, 0.1) is 11.8 Å². The molecule has 118 valence electrons. The lowest BCUT2D eigenvalue weighted by atomic mass is 9.82. The van der Waals surface area contributed by atoms with E-state index in [2.05, 4.69) is 22.2 Å². The highest BCUT2D eigenvalue weighted by molar-refractivity contribution is 5.85. The molecule has 1 saturated heterocycles. The quantitative estimate of drug-likeness (QED) is 0.700. The molecule has 2 atom stereocenters. The molecule has 0 bridgehead atoms. The molecule has 2 N–H and O–H groups in total. The Labute approximate surface area is 125 Å². The van der Waals surface area contributed by atoms with Gasteiger partial charge in [0.2, 0.25) is 5.91 Å². The lowest BCUT2D eigenvalue weighted by Gasteiger charge is -2.32. The second kappa shape index (κ2) is 7.56. The third-order valence-corrected chi connectivity index (χ3v) is 4.41. The number of nitrogens with one attached hydrogen (secondary N) is 1. The molecule has 0 radical (unpaired) electrons. The molecule has 21 heavy (non-hydrogen) atoms. The van der Waals surface area contributed by atoms with Gasteiger partial charge in [-0.05, 0) is 19.9 Å². The number of likely N-dealkylation sites (N-methyl/N-ethyl adjacent to an activating group) is 1. The largest absolute Gasteiger partial charge is 0.481 e. The van der Waals surface area contributed by atoms with Gasteiger partial charge >= 0.3 is 5.97 Å². The fourth-order valence-corrected chi connectivity index (χ4v) is 2.92. The Kier molecular flexibility index (Phi) is 5.76. The van der Waals surface area contributed by atoms with Crippen molar-refractivity contribution in [1.82, 2.24) is 15.1 Å². The Balaban J connectivity index is 1.73. The summed E-state index contributed by atoms with van der Waals surface area (Å²) in [5.74, 6) is -2.02. The monoisotopic (exact) mass is 295 g/mol. The van der Waals surface area contributed by atoms with Gasteiger partial charge in [0.1, 0.15) is 0 Å². The van der Waals surface area contributed by atoms with E-state index in [1.807, 2.05) is 12.2 Å². The summed E-state index contributed by atoms with van der Waals surface area (Å²) in [6.45, 7) is 5.59. The van der Waals surface area contributed by atoms with Crippen LogP contribution in [-0.4, -0.2) is 73.1 Å². The molecule has 2 aliphatic rings. The van der Waals surface area contributed by atoms with Gasteiger partial charge in [0.15, 0.2) is 0 Å². The van der Waals surface area contributed by atoms with Crippen molar-refractivity contribution in [1.29, 1.82) is 0 Å². The van der Waals surface area contributed by atoms with E-state index in [4.69, 9.17) is 0 Å². The van der Waals surface area contributed by atoms with Crippen molar-refractivity contribution < 1.29 is 14.7 Å². The highest BCUT2D eigenvalue weighted by Crippen LogP contribution is 2.25. The maximum Gasteiger partial charge on any atom is 0.307 e. The van der Waals surface area contributed by atoms with Crippen molar-refractivity contribution in [2.75, 3.05) is 46.3 Å². The van der Waals surface area contributed by atoms with Crippen LogP contribution in [0.5, 0.6) is 0 Å². The lowest BCUT2D eigenvalue weighted by Crippen LogP contribution is -2.47. The first-order valence-electron chi connectivity index (χ1n) is 7.64. The number of aliphatic carboxylic acids is 1. The number of carbonyl (C=O) groups is 2. The smallest absolute Gasteiger partial charge is 0.307 e. The number of nitrogens with zero attached hydrogens (tertiary/aromatic N) is 2. The van der Waals surface area contributed by atoms with Gasteiger partial charge in [0, 0.05) is 39.3 Å². The maximum absolute atomic E-state index is 12.2. The number of amides is 1. The molecule has 0 aromatic carbocycles. The number of carboxylic acid groups (broad SMARTS) is 1. The maximum atomic E-state index is 12.2. The van der Waals surface area contributed by atoms with Gasteiger partial charge in [-0.15, -0.1) is 0 Å². The third kappa shape index (κ3) is 4.54. The van der Waals surface area contributed by atoms with Crippen LogP contribution in [0.1, 0.15) is 12.8 Å². The van der Waals surface area contributed by atoms with E-state index in [0.717, 1.165) is 32.7 Å². The molecular formula is C15H25N3O3. The molecule has 1 amide bonds. The van der Waals surface area contributed by atoms with Crippen LogP contribution in [0.4, 0.5) is 0 Å². The molecule has 0 spiro atoms. The molecule has 0 aromatic heterocycles. The Hall–Kier alpha value is -1.40. The Bertz CT molecular complexity index is 403. The SMILES string of the molecule is CN1CCN(CCNC(=O)C2CC=CCC2C(=O)O)CC1. The first-order valence-corrected chi connectivity index (χ1v) is 7.64. The summed E-state index contributed by atoms with van der Waals surface area (Å²) >= 11 is 0. The van der Waals surface area contributed by atoms with Crippen molar-refractivity contribution in [2.24, 2.45) is 11.8 Å². The van der Waals surface area contributed by atoms with Crippen LogP contribution < -0.4 is 5.32 Å². The minimum atomic E-state index is -0.876. The average Bonchev–Trinajstić information content (AvgIpc) is 2.49. The van der Waals surface area contributed by atoms with Gasteiger partial charge in [0.25, 0.3) is 0 Å². The molecule has 1 heterocycles. The van der Waals surface area contributed by atoms with E-state index in [1.165, 1.54) is 0 Å². The summed E-state index contributed by atoms with van der Waals surface area (Å²) in [5.41, 5.74) is 0. The fraction of sp³-hybridized carbons (Fsp3) is 0.733. The second-order valence-electron chi connectivity index (χ2n) is 5.93. The van der Waals surface area contributed by atoms with Crippen molar-refractivity contribution in [3.63, 3.8) is 0 Å². The summed E-state index contributed by atoms with van der Waals surface area (Å²) in [5, 5.41) is 12.1. The number of piperazine rings is 1. The van der Waals surface area contributed by atoms with Gasteiger partial charge in [-0.3, -0.25) is 14.5 Å². The standard InChI is InChI=1S/C15H25N3O3/c1-17-8-10-18(11-9-17)7-6-16-14(19)12-4-2-3-5-13(12)15(20)21/h2-3,12-13H,4-11H2,1H3,(H,16,19)(H,20,21). The highest BCUT2D eigenvalue weighted by Gasteiger charge is 2.33. The number of allylic oxidation sites excluding steroid dienone is 2. The Morgan fingerprint density at radius 1 is 1.14 bits per heavy atom. The summed E-state index contributed by atoms with van der Waals surface area (Å²) in [4.78, 5) is 28.0. The average molecular weight is 295 g/mol. The van der Waals surface area contributed by atoms with Crippen LogP contribution in [0.2, 0.25) is 0 Å². The number of hydrogen-bond acceptors (Lipinski definition) is 4. The van der Waals surface area contributed by atoms with Crippen molar-refractivity contribution in [2.45, 2.75) is 12.8 Å². The Morgan fingerprint density at radius 2 is 1.76 bits per heavy atom. The predicted octanol–water partition coefficient (Wildman–Crippen LogP) is 0.0170. The summed E-state index contributed by atoms with van der Waals surface area (Å²) in [6.07, 6.45) is 4.74. The molecule has 1 fully saturated rings. The lowest BCUT2D eigenvalue weighted by molar-refractivity contribution is -0.147. The number of carboxylic acids is 1. The highest BCUT2D eigenvalue weighted by atomic mass is 16.4. The first kappa shape index (κ1) is 16.0. The molecule has 1 aliphatic carbocycles. The van der Waals surface area contributed by atoms with E-state index in [9.17, 15) is 14.7 Å². The molecule has 6 nitrogen and oxygen atoms in total. The molecule has 2 rings (SSSR count). The van der Waals surface area contributed by atoms with Crippen molar-refractivity contribution >= 4 is 11.9 Å².